The van der Waals surface area contributed by atoms with E-state index in [2.05, 4.69) is 34.6 Å². The molecule has 0 radical (unpaired) electrons. The summed E-state index contributed by atoms with van der Waals surface area (Å²) >= 11 is 0. The molecule has 1 N–H and O–H groups in total. The summed E-state index contributed by atoms with van der Waals surface area (Å²) in [6.45, 7) is 13.3. The molecule has 0 amide bonds. The summed E-state index contributed by atoms with van der Waals surface area (Å²) in [5.41, 5.74) is 1.32. The van der Waals surface area contributed by atoms with Crippen molar-refractivity contribution in [3.8, 4) is 0 Å². The lowest BCUT2D eigenvalue weighted by molar-refractivity contribution is -0.157. The summed E-state index contributed by atoms with van der Waals surface area (Å²) in [6.07, 6.45) is 12.4. The number of carboxylic acids is 1. The zero-order valence-electron chi connectivity index (χ0n) is 22.1. The highest BCUT2D eigenvalue weighted by atomic mass is 16.4. The Morgan fingerprint density at radius 3 is 2.29 bits per heavy atom. The topological polar surface area (TPSA) is 71.4 Å². The highest BCUT2D eigenvalue weighted by molar-refractivity contribution is 5.98. The Kier molecular flexibility index (Phi) is 5.20. The first kappa shape index (κ1) is 24.3. The molecule has 0 bridgehead atoms. The molecule has 8 atom stereocenters. The van der Waals surface area contributed by atoms with Crippen molar-refractivity contribution >= 4 is 17.5 Å². The number of fused-ring (bicyclic) bond motifs is 2. The molecule has 0 aromatic carbocycles. The van der Waals surface area contributed by atoms with Crippen LogP contribution in [0.4, 0.5) is 0 Å². The van der Waals surface area contributed by atoms with E-state index in [1.54, 1.807) is 0 Å². The van der Waals surface area contributed by atoms with E-state index in [-0.39, 0.29) is 28.1 Å². The maximum absolute atomic E-state index is 12.8. The van der Waals surface area contributed by atoms with E-state index in [0.29, 0.717) is 40.3 Å². The van der Waals surface area contributed by atoms with Crippen LogP contribution in [-0.2, 0) is 14.4 Å². The van der Waals surface area contributed by atoms with Crippen molar-refractivity contribution in [1.29, 1.82) is 0 Å². The standard InChI is InChI=1S/C30H44O4/c1-18(15-20(31)16-19(2)25(33)34)21-9-11-28(6)23-8-7-22-26(3,4)24(32)10-12-29(22)17-30(23,29)14-13-27(21,28)5/h16,18,21-23H,7-15,17H2,1-6H3,(H,33,34)/b19-16+/t18-,21-,22+,23+,27-,28+,29-,30+/m1/s1. The number of carboxylic acid groups (broad SMARTS) is 1. The summed E-state index contributed by atoms with van der Waals surface area (Å²) in [7, 11) is 0. The van der Waals surface area contributed by atoms with Crippen molar-refractivity contribution in [1.82, 2.24) is 0 Å². The molecule has 5 aliphatic rings. The number of carbonyl (C=O) groups excluding carboxylic acids is 2. The summed E-state index contributed by atoms with van der Waals surface area (Å²) < 4.78 is 0. The molecule has 5 saturated carbocycles. The second kappa shape index (κ2) is 7.29. The molecule has 0 unspecified atom stereocenters. The van der Waals surface area contributed by atoms with Gasteiger partial charge in [0.2, 0.25) is 0 Å². The number of carbonyl (C=O) groups is 3. The third-order valence-corrected chi connectivity index (χ3v) is 12.8. The van der Waals surface area contributed by atoms with Gasteiger partial charge in [0, 0.05) is 23.8 Å². The lowest BCUT2D eigenvalue weighted by atomic mass is 9.42. The van der Waals surface area contributed by atoms with Crippen molar-refractivity contribution < 1.29 is 19.5 Å². The molecule has 5 fully saturated rings. The largest absolute Gasteiger partial charge is 0.478 e. The van der Waals surface area contributed by atoms with Crippen LogP contribution >= 0.6 is 0 Å². The van der Waals surface area contributed by atoms with Crippen LogP contribution in [0.15, 0.2) is 11.6 Å². The van der Waals surface area contributed by atoms with Crippen LogP contribution in [0.1, 0.15) is 106 Å². The van der Waals surface area contributed by atoms with Crippen LogP contribution in [0.3, 0.4) is 0 Å². The molecule has 0 heterocycles. The van der Waals surface area contributed by atoms with Crippen molar-refractivity contribution in [2.45, 2.75) is 106 Å². The molecular weight excluding hydrogens is 424 g/mol. The fourth-order valence-electron chi connectivity index (χ4n) is 10.9. The first-order valence-corrected chi connectivity index (χ1v) is 13.7. The lowest BCUT2D eigenvalue weighted by Crippen LogP contribution is -2.57. The number of ketones is 2. The van der Waals surface area contributed by atoms with E-state index in [0.717, 1.165) is 18.8 Å². The Hall–Kier alpha value is -1.45. The second-order valence-electron chi connectivity index (χ2n) is 14.1. The van der Waals surface area contributed by atoms with Crippen LogP contribution in [0.25, 0.3) is 0 Å². The molecule has 2 spiro atoms. The fraction of sp³-hybridized carbons (Fsp3) is 0.833. The van der Waals surface area contributed by atoms with Crippen molar-refractivity contribution in [2.24, 2.45) is 50.7 Å². The lowest BCUT2D eigenvalue weighted by Gasteiger charge is -2.62. The van der Waals surface area contributed by atoms with Crippen molar-refractivity contribution in [3.05, 3.63) is 11.6 Å². The second-order valence-corrected chi connectivity index (χ2v) is 14.1. The van der Waals surface area contributed by atoms with Gasteiger partial charge in [-0.1, -0.05) is 34.6 Å². The van der Waals surface area contributed by atoms with Gasteiger partial charge < -0.3 is 5.11 Å². The smallest absolute Gasteiger partial charge is 0.331 e. The average Bonchev–Trinajstić information content (AvgIpc) is 3.33. The summed E-state index contributed by atoms with van der Waals surface area (Å²) in [5, 5.41) is 9.13. The monoisotopic (exact) mass is 468 g/mol. The Morgan fingerprint density at radius 1 is 0.971 bits per heavy atom. The van der Waals surface area contributed by atoms with E-state index in [9.17, 15) is 14.4 Å². The van der Waals surface area contributed by atoms with Crippen molar-refractivity contribution in [2.75, 3.05) is 0 Å². The van der Waals surface area contributed by atoms with Crippen LogP contribution in [0.2, 0.25) is 0 Å². The predicted octanol–water partition coefficient (Wildman–Crippen LogP) is 6.62. The Labute approximate surface area is 205 Å². The number of hydrogen-bond donors (Lipinski definition) is 1. The predicted molar refractivity (Wildman–Crippen MR) is 132 cm³/mol. The van der Waals surface area contributed by atoms with E-state index in [1.807, 2.05) is 0 Å². The average molecular weight is 469 g/mol. The summed E-state index contributed by atoms with van der Waals surface area (Å²) in [4.78, 5) is 36.6. The Bertz CT molecular complexity index is 976. The van der Waals surface area contributed by atoms with Gasteiger partial charge in [0.25, 0.3) is 0 Å². The molecule has 0 aliphatic heterocycles. The first-order chi connectivity index (χ1) is 15.8. The van der Waals surface area contributed by atoms with Gasteiger partial charge in [-0.2, -0.15) is 0 Å². The molecule has 5 aliphatic carbocycles. The van der Waals surface area contributed by atoms with E-state index < -0.39 is 5.97 Å². The number of aliphatic carboxylic acids is 1. The highest BCUT2D eigenvalue weighted by Crippen LogP contribution is 2.88. The van der Waals surface area contributed by atoms with Gasteiger partial charge in [-0.15, -0.1) is 0 Å². The number of Topliss-reactive ketones (excluding diaryl/α,β-unsaturated/α-hetero) is 1. The number of allylic oxidation sites excluding steroid dienone is 1. The summed E-state index contributed by atoms with van der Waals surface area (Å²) in [5.74, 6) is 1.50. The van der Waals surface area contributed by atoms with Gasteiger partial charge in [0.05, 0.1) is 0 Å². The van der Waals surface area contributed by atoms with Crippen LogP contribution in [-0.4, -0.2) is 22.6 Å². The molecule has 0 aromatic rings. The van der Waals surface area contributed by atoms with Crippen molar-refractivity contribution in [3.63, 3.8) is 0 Å². The first-order valence-electron chi connectivity index (χ1n) is 13.7. The van der Waals surface area contributed by atoms with Gasteiger partial charge in [0.15, 0.2) is 5.78 Å². The van der Waals surface area contributed by atoms with Gasteiger partial charge in [-0.05, 0) is 110 Å². The maximum atomic E-state index is 12.8. The molecule has 34 heavy (non-hydrogen) atoms. The molecule has 4 heteroatoms. The van der Waals surface area contributed by atoms with Crippen LogP contribution in [0.5, 0.6) is 0 Å². The highest BCUT2D eigenvalue weighted by Gasteiger charge is 2.82. The van der Waals surface area contributed by atoms with Gasteiger partial charge in [-0.3, -0.25) is 9.59 Å². The van der Waals surface area contributed by atoms with Crippen LogP contribution < -0.4 is 0 Å². The third kappa shape index (κ3) is 2.86. The number of rotatable bonds is 5. The van der Waals surface area contributed by atoms with E-state index >= 15 is 0 Å². The van der Waals surface area contributed by atoms with E-state index in [4.69, 9.17) is 5.11 Å². The molecule has 5 rings (SSSR count). The van der Waals surface area contributed by atoms with Gasteiger partial charge in [-0.25, -0.2) is 4.79 Å². The normalized spacial score (nSPS) is 47.6. The molecular formula is C30H44O4. The molecule has 0 aromatic heterocycles. The molecule has 4 nitrogen and oxygen atoms in total. The SMILES string of the molecule is C/C(=C\C(=O)C[C@@H](C)[C@H]1CC[C@@]2(C)[C@@H]3CC[C@H]4C(C)(C)C(=O)CC[C@@]45C[C@@]35CC[C@]12C)C(=O)O. The van der Waals surface area contributed by atoms with E-state index in [1.165, 1.54) is 57.9 Å². The van der Waals surface area contributed by atoms with Gasteiger partial charge in [0.1, 0.15) is 5.78 Å². The van der Waals surface area contributed by atoms with Crippen LogP contribution in [0, 0.1) is 50.7 Å². The zero-order valence-corrected chi connectivity index (χ0v) is 22.1. The molecule has 188 valence electrons. The summed E-state index contributed by atoms with van der Waals surface area (Å²) in [6, 6.07) is 0. The third-order valence-electron chi connectivity index (χ3n) is 12.8. The minimum Gasteiger partial charge on any atom is -0.478 e. The quantitative estimate of drug-likeness (QED) is 0.460. The molecule has 0 saturated heterocycles. The maximum Gasteiger partial charge on any atom is 0.331 e. The number of hydrogen-bond acceptors (Lipinski definition) is 3. The zero-order chi connectivity index (χ0) is 24.9. The Morgan fingerprint density at radius 2 is 1.62 bits per heavy atom. The fourth-order valence-corrected chi connectivity index (χ4v) is 10.9. The Balaban J connectivity index is 1.39. The minimum absolute atomic E-state index is 0.0485. The van der Waals surface area contributed by atoms with Gasteiger partial charge >= 0.3 is 5.97 Å². The minimum atomic E-state index is -1.01.